The zero-order valence-electron chi connectivity index (χ0n) is 11.0. The molecule has 0 atom stereocenters. The molecule has 100 valence electrons. The summed E-state index contributed by atoms with van der Waals surface area (Å²) in [5.74, 6) is 0.935. The van der Waals surface area contributed by atoms with E-state index in [1.807, 2.05) is 0 Å². The first-order valence-corrected chi connectivity index (χ1v) is 6.21. The fourth-order valence-electron chi connectivity index (χ4n) is 1.05. The van der Waals surface area contributed by atoms with Crippen molar-refractivity contribution in [2.45, 2.75) is 33.6 Å². The first-order valence-electron chi connectivity index (χ1n) is 6.21. The predicted molar refractivity (Wildman–Crippen MR) is 67.4 cm³/mol. The zero-order chi connectivity index (χ0) is 12.8. The maximum atomic E-state index is 8.48. The van der Waals surface area contributed by atoms with Crippen LogP contribution in [0.4, 0.5) is 0 Å². The fraction of sp³-hybridized carbons (Fsp3) is 1.00. The molecule has 0 spiro atoms. The van der Waals surface area contributed by atoms with Gasteiger partial charge in [0.15, 0.2) is 0 Å². The van der Waals surface area contributed by atoms with Crippen LogP contribution in [0.5, 0.6) is 0 Å². The summed E-state index contributed by atoms with van der Waals surface area (Å²) >= 11 is 0. The lowest BCUT2D eigenvalue weighted by Gasteiger charge is -2.17. The highest BCUT2D eigenvalue weighted by Gasteiger charge is 2.00. The monoisotopic (exact) mass is 235 g/mol. The SMILES string of the molecule is CCC(C)CC.OCCN(CCO)CCO. The molecule has 0 aromatic carbocycles. The number of aliphatic hydroxyl groups is 3. The number of hydrogen-bond acceptors (Lipinski definition) is 4. The topological polar surface area (TPSA) is 63.9 Å². The van der Waals surface area contributed by atoms with Crippen molar-refractivity contribution in [2.24, 2.45) is 5.92 Å². The van der Waals surface area contributed by atoms with E-state index in [1.165, 1.54) is 12.8 Å². The van der Waals surface area contributed by atoms with Crippen molar-refractivity contribution in [3.05, 3.63) is 0 Å². The molecule has 0 rings (SSSR count). The Morgan fingerprint density at radius 3 is 1.25 bits per heavy atom. The number of hydrogen-bond donors (Lipinski definition) is 3. The van der Waals surface area contributed by atoms with E-state index in [-0.39, 0.29) is 19.8 Å². The van der Waals surface area contributed by atoms with Crippen molar-refractivity contribution < 1.29 is 15.3 Å². The highest BCUT2D eigenvalue weighted by atomic mass is 16.3. The van der Waals surface area contributed by atoms with E-state index in [4.69, 9.17) is 15.3 Å². The highest BCUT2D eigenvalue weighted by Crippen LogP contribution is 2.02. The average molecular weight is 235 g/mol. The van der Waals surface area contributed by atoms with Crippen LogP contribution in [0.3, 0.4) is 0 Å². The minimum atomic E-state index is 0.0694. The summed E-state index contributed by atoms with van der Waals surface area (Å²) in [7, 11) is 0. The van der Waals surface area contributed by atoms with Gasteiger partial charge in [-0.3, -0.25) is 4.90 Å². The van der Waals surface area contributed by atoms with Gasteiger partial charge in [-0.1, -0.05) is 33.6 Å². The molecule has 0 aliphatic carbocycles. The molecule has 0 aromatic heterocycles. The van der Waals surface area contributed by atoms with Crippen LogP contribution in [0.25, 0.3) is 0 Å². The van der Waals surface area contributed by atoms with Crippen LogP contribution in [0.1, 0.15) is 33.6 Å². The molecule has 3 N–H and O–H groups in total. The molecule has 0 heterocycles. The summed E-state index contributed by atoms with van der Waals surface area (Å²) in [6.45, 7) is 8.49. The smallest absolute Gasteiger partial charge is 0.0558 e. The van der Waals surface area contributed by atoms with Gasteiger partial charge in [-0.25, -0.2) is 0 Å². The third kappa shape index (κ3) is 13.8. The first kappa shape index (κ1) is 18.2. The Balaban J connectivity index is 0. The third-order valence-corrected chi connectivity index (χ3v) is 2.64. The van der Waals surface area contributed by atoms with Gasteiger partial charge in [0.1, 0.15) is 0 Å². The van der Waals surface area contributed by atoms with Gasteiger partial charge < -0.3 is 15.3 Å². The van der Waals surface area contributed by atoms with Crippen LogP contribution in [-0.4, -0.2) is 59.7 Å². The number of nitrogens with zero attached hydrogens (tertiary/aromatic N) is 1. The van der Waals surface area contributed by atoms with Gasteiger partial charge in [0.25, 0.3) is 0 Å². The van der Waals surface area contributed by atoms with Gasteiger partial charge in [-0.05, 0) is 5.92 Å². The molecular weight excluding hydrogens is 206 g/mol. The highest BCUT2D eigenvalue weighted by molar-refractivity contribution is 4.54. The summed E-state index contributed by atoms with van der Waals surface area (Å²) in [4.78, 5) is 1.79. The Kier molecular flexibility index (Phi) is 16.9. The molecule has 0 unspecified atom stereocenters. The zero-order valence-corrected chi connectivity index (χ0v) is 11.0. The second kappa shape index (κ2) is 14.8. The van der Waals surface area contributed by atoms with E-state index in [1.54, 1.807) is 4.90 Å². The molecule has 0 saturated carbocycles. The van der Waals surface area contributed by atoms with Gasteiger partial charge in [-0.15, -0.1) is 0 Å². The van der Waals surface area contributed by atoms with Crippen LogP contribution < -0.4 is 0 Å². The van der Waals surface area contributed by atoms with Crippen molar-refractivity contribution in [3.8, 4) is 0 Å². The molecular formula is C12H29NO3. The van der Waals surface area contributed by atoms with E-state index < -0.39 is 0 Å². The predicted octanol–water partition coefficient (Wildman–Crippen LogP) is 0.708. The van der Waals surface area contributed by atoms with Gasteiger partial charge in [0.05, 0.1) is 19.8 Å². The maximum absolute atomic E-state index is 8.48. The molecule has 4 nitrogen and oxygen atoms in total. The van der Waals surface area contributed by atoms with E-state index >= 15 is 0 Å². The van der Waals surface area contributed by atoms with Crippen LogP contribution in [-0.2, 0) is 0 Å². The molecule has 0 aliphatic rings. The standard InChI is InChI=1S/C6H15NO3.C6H14/c8-4-1-7(2-5-9)3-6-10;1-4-6(3)5-2/h8-10H,1-6H2;6H,4-5H2,1-3H3. The second-order valence-electron chi connectivity index (χ2n) is 3.93. The Hall–Kier alpha value is -0.160. The fourth-order valence-corrected chi connectivity index (χ4v) is 1.05. The lowest BCUT2D eigenvalue weighted by molar-refractivity contribution is 0.136. The lowest BCUT2D eigenvalue weighted by Crippen LogP contribution is -2.32. The second-order valence-corrected chi connectivity index (χ2v) is 3.93. The van der Waals surface area contributed by atoms with Gasteiger partial charge in [-0.2, -0.15) is 0 Å². The maximum Gasteiger partial charge on any atom is 0.0558 e. The number of rotatable bonds is 8. The largest absolute Gasteiger partial charge is 0.395 e. The number of aliphatic hydroxyl groups excluding tert-OH is 3. The molecule has 0 fully saturated rings. The molecule has 0 amide bonds. The van der Waals surface area contributed by atoms with Crippen LogP contribution in [0.15, 0.2) is 0 Å². The quantitative estimate of drug-likeness (QED) is 0.580. The van der Waals surface area contributed by atoms with E-state index in [0.29, 0.717) is 19.6 Å². The third-order valence-electron chi connectivity index (χ3n) is 2.64. The molecule has 0 radical (unpaired) electrons. The summed E-state index contributed by atoms with van der Waals surface area (Å²) in [5.41, 5.74) is 0. The normalized spacial score (nSPS) is 10.5. The van der Waals surface area contributed by atoms with Gasteiger partial charge in [0.2, 0.25) is 0 Å². The van der Waals surface area contributed by atoms with E-state index in [0.717, 1.165) is 5.92 Å². The molecule has 4 heteroatoms. The molecule has 0 bridgehead atoms. The summed E-state index contributed by atoms with van der Waals surface area (Å²) in [6.07, 6.45) is 2.66. The molecule has 16 heavy (non-hydrogen) atoms. The Bertz CT molecular complexity index is 105. The lowest BCUT2D eigenvalue weighted by atomic mass is 10.1. The van der Waals surface area contributed by atoms with Gasteiger partial charge in [0, 0.05) is 19.6 Å². The van der Waals surface area contributed by atoms with E-state index in [2.05, 4.69) is 20.8 Å². The van der Waals surface area contributed by atoms with Crippen molar-refractivity contribution in [2.75, 3.05) is 39.5 Å². The Labute approximate surface area is 99.9 Å². The minimum Gasteiger partial charge on any atom is -0.395 e. The van der Waals surface area contributed by atoms with Gasteiger partial charge >= 0.3 is 0 Å². The van der Waals surface area contributed by atoms with Crippen LogP contribution in [0.2, 0.25) is 0 Å². The van der Waals surface area contributed by atoms with Crippen molar-refractivity contribution in [3.63, 3.8) is 0 Å². The first-order chi connectivity index (χ1) is 7.65. The van der Waals surface area contributed by atoms with Crippen molar-refractivity contribution in [1.82, 2.24) is 4.90 Å². The molecule has 0 saturated heterocycles. The summed E-state index contributed by atoms with van der Waals surface area (Å²) in [6, 6.07) is 0. The Morgan fingerprint density at radius 2 is 1.12 bits per heavy atom. The Morgan fingerprint density at radius 1 is 0.812 bits per heavy atom. The van der Waals surface area contributed by atoms with Crippen molar-refractivity contribution in [1.29, 1.82) is 0 Å². The molecule has 0 aromatic rings. The average Bonchev–Trinajstić information content (AvgIpc) is 2.30. The minimum absolute atomic E-state index is 0.0694. The van der Waals surface area contributed by atoms with Crippen LogP contribution >= 0.6 is 0 Å². The van der Waals surface area contributed by atoms with Crippen molar-refractivity contribution >= 4 is 0 Å². The van der Waals surface area contributed by atoms with Crippen LogP contribution in [0, 0.1) is 5.92 Å². The molecule has 0 aliphatic heterocycles. The van der Waals surface area contributed by atoms with E-state index in [9.17, 15) is 0 Å². The summed E-state index contributed by atoms with van der Waals surface area (Å²) in [5, 5.41) is 25.5. The summed E-state index contributed by atoms with van der Waals surface area (Å²) < 4.78 is 0.